The number of anilines is 1. The van der Waals surface area contributed by atoms with Crippen LogP contribution in [0.1, 0.15) is 11.8 Å². The minimum absolute atomic E-state index is 0.0555. The van der Waals surface area contributed by atoms with E-state index in [0.29, 0.717) is 0 Å². The number of rotatable bonds is 12. The van der Waals surface area contributed by atoms with E-state index in [1.54, 1.807) is 0 Å². The summed E-state index contributed by atoms with van der Waals surface area (Å²) in [6, 6.07) is 3.96. The van der Waals surface area contributed by atoms with Crippen LogP contribution in [-0.2, 0) is 38.2 Å². The molecule has 0 amide bonds. The van der Waals surface area contributed by atoms with E-state index < -0.39 is 66.8 Å². The maximum Gasteiger partial charge on any atom is 0.490 e. The van der Waals surface area contributed by atoms with Crippen LogP contribution >= 0.6 is 23.5 Å². The van der Waals surface area contributed by atoms with Gasteiger partial charge in [-0.25, -0.2) is 18.7 Å². The topological polar surface area (TPSA) is 357 Å². The molecule has 43 heavy (non-hydrogen) atoms. The number of imidazole rings is 1. The molecule has 1 fully saturated rings. The lowest BCUT2D eigenvalue weighted by molar-refractivity contribution is -0.0474. The van der Waals surface area contributed by atoms with Gasteiger partial charge >= 0.3 is 23.5 Å². The molecule has 4 rings (SSSR count). The minimum atomic E-state index is -5.92. The first kappa shape index (κ1) is 32.7. The summed E-state index contributed by atoms with van der Waals surface area (Å²) in [4.78, 5) is 62.0. The van der Waals surface area contributed by atoms with Crippen molar-refractivity contribution < 1.29 is 66.1 Å². The molecule has 26 heteroatoms. The summed E-state index contributed by atoms with van der Waals surface area (Å²) in [6.07, 6.45) is -6.12. The summed E-state index contributed by atoms with van der Waals surface area (Å²) >= 11 is 0. The Labute approximate surface area is 237 Å². The molecule has 0 saturated carbocycles. The molecule has 1 aliphatic heterocycles. The van der Waals surface area contributed by atoms with Crippen molar-refractivity contribution in [2.75, 3.05) is 12.3 Å². The lowest BCUT2D eigenvalue weighted by Crippen LogP contribution is -2.36. The Bertz CT molecular complexity index is 1770. The van der Waals surface area contributed by atoms with Crippen LogP contribution in [0.3, 0.4) is 0 Å². The summed E-state index contributed by atoms with van der Waals surface area (Å²) in [5.41, 5.74) is 13.4. The molecular weight excluding hydrogens is 649 g/mol. The summed E-state index contributed by atoms with van der Waals surface area (Å²) in [7, 11) is -17.4. The van der Waals surface area contributed by atoms with E-state index >= 15 is 0 Å². The van der Waals surface area contributed by atoms with Crippen molar-refractivity contribution in [3.8, 4) is 5.75 Å². The van der Waals surface area contributed by atoms with Crippen LogP contribution in [0.2, 0.25) is 0 Å². The van der Waals surface area contributed by atoms with Gasteiger partial charge < -0.3 is 45.0 Å². The van der Waals surface area contributed by atoms with Gasteiger partial charge in [-0.15, -0.1) is 0 Å². The van der Waals surface area contributed by atoms with E-state index in [9.17, 15) is 38.5 Å². The van der Waals surface area contributed by atoms with E-state index in [-0.39, 0.29) is 34.1 Å². The van der Waals surface area contributed by atoms with Crippen molar-refractivity contribution in [3.63, 3.8) is 0 Å². The normalized spacial score (nSPS) is 23.4. The van der Waals surface area contributed by atoms with Crippen molar-refractivity contribution in [2.24, 2.45) is 5.11 Å². The van der Waals surface area contributed by atoms with Crippen LogP contribution in [0.15, 0.2) is 34.4 Å². The molecule has 1 saturated heterocycles. The average Bonchev–Trinajstić information content (AvgIpc) is 3.41. The number of nitrogens with zero attached hydrogens (tertiary/aromatic N) is 6. The number of nitrogen functional groups attached to an aromatic ring is 1. The highest BCUT2D eigenvalue weighted by Crippen LogP contribution is 2.67. The van der Waals surface area contributed by atoms with Crippen molar-refractivity contribution in [1.82, 2.24) is 19.5 Å². The number of aromatic amines is 1. The van der Waals surface area contributed by atoms with E-state index in [1.807, 2.05) is 0 Å². The third-order valence-electron chi connectivity index (χ3n) is 5.49. The van der Waals surface area contributed by atoms with Crippen molar-refractivity contribution >= 4 is 46.3 Å². The van der Waals surface area contributed by atoms with Gasteiger partial charge in [-0.3, -0.25) is 18.9 Å². The molecular formula is C17H21N8O15P3. The number of ether oxygens (including phenoxy) is 2. The number of aliphatic hydroxyl groups excluding tert-OH is 2. The van der Waals surface area contributed by atoms with Crippen LogP contribution < -0.4 is 16.0 Å². The van der Waals surface area contributed by atoms with E-state index in [0.717, 1.165) is 10.9 Å². The number of nitrogens with two attached hydrogens (primary N) is 1. The largest absolute Gasteiger partial charge is 0.490 e. The second kappa shape index (κ2) is 12.4. The molecule has 2 unspecified atom stereocenters. The second-order valence-electron chi connectivity index (χ2n) is 8.44. The number of phosphoric ester groups is 1. The lowest BCUT2D eigenvalue weighted by atomic mass is 10.1. The predicted octanol–water partition coefficient (Wildman–Crippen LogP) is 0.185. The number of hydrogen-bond donors (Lipinski definition) is 8. The maximum atomic E-state index is 12.6. The third kappa shape index (κ3) is 7.84. The van der Waals surface area contributed by atoms with E-state index in [4.69, 9.17) is 35.0 Å². The fourth-order valence-corrected chi connectivity index (χ4v) is 7.12. The minimum Gasteiger partial charge on any atom is -0.490 e. The number of aromatic nitrogens is 4. The molecule has 2 aromatic heterocycles. The number of nitrogens with one attached hydrogen (secondary N) is 1. The molecule has 9 N–H and O–H groups in total. The molecule has 6 atom stereocenters. The first-order valence-electron chi connectivity index (χ1n) is 11.3. The molecule has 3 heterocycles. The Hall–Kier alpha value is -3.23. The Balaban J connectivity index is 1.67. The van der Waals surface area contributed by atoms with Crippen LogP contribution in [-0.4, -0.2) is 74.2 Å². The van der Waals surface area contributed by atoms with Gasteiger partial charge in [-0.1, -0.05) is 17.2 Å². The third-order valence-corrected chi connectivity index (χ3v) is 9.33. The van der Waals surface area contributed by atoms with Gasteiger partial charge in [0.15, 0.2) is 17.4 Å². The van der Waals surface area contributed by atoms with Crippen LogP contribution in [0.25, 0.3) is 21.6 Å². The van der Waals surface area contributed by atoms with Crippen LogP contribution in [0, 0.1) is 0 Å². The Kier molecular flexibility index (Phi) is 9.43. The van der Waals surface area contributed by atoms with Crippen molar-refractivity contribution in [1.29, 1.82) is 0 Å². The van der Waals surface area contributed by atoms with Crippen molar-refractivity contribution in [2.45, 2.75) is 31.1 Å². The predicted molar refractivity (Wildman–Crippen MR) is 138 cm³/mol. The quantitative estimate of drug-likeness (QED) is 0.0551. The molecule has 0 aliphatic carbocycles. The zero-order valence-electron chi connectivity index (χ0n) is 21.0. The molecule has 23 nitrogen and oxygen atoms in total. The Morgan fingerprint density at radius 1 is 1.19 bits per heavy atom. The summed E-state index contributed by atoms with van der Waals surface area (Å²) in [5, 5.41) is 24.1. The van der Waals surface area contributed by atoms with Gasteiger partial charge in [0.25, 0.3) is 5.56 Å². The monoisotopic (exact) mass is 670 g/mol. The SMILES string of the molecule is [N-]=[N+]=Nc1ccc(CO)c(OC[C@H]2O[C@@H](n3cnc4c(=O)[nH]c(N)nc43)[C@H](O)[C@@H]2OP(=O)(O)OP(=O)(O)OP(=O)(O)O)c1. The second-order valence-corrected chi connectivity index (χ2v) is 12.8. The molecule has 3 aromatic rings. The Morgan fingerprint density at radius 3 is 2.56 bits per heavy atom. The van der Waals surface area contributed by atoms with Gasteiger partial charge in [-0.05, 0) is 11.6 Å². The van der Waals surface area contributed by atoms with Crippen LogP contribution in [0.5, 0.6) is 5.75 Å². The van der Waals surface area contributed by atoms with Gasteiger partial charge in [0, 0.05) is 16.2 Å². The highest BCUT2D eigenvalue weighted by Gasteiger charge is 2.51. The maximum absolute atomic E-state index is 12.6. The Morgan fingerprint density at radius 2 is 1.91 bits per heavy atom. The van der Waals surface area contributed by atoms with Gasteiger partial charge in [-0.2, -0.15) is 13.6 Å². The summed E-state index contributed by atoms with van der Waals surface area (Å²) < 4.78 is 60.1. The first-order valence-corrected chi connectivity index (χ1v) is 15.8. The van der Waals surface area contributed by atoms with Crippen LogP contribution in [0.4, 0.5) is 11.6 Å². The molecule has 0 spiro atoms. The number of phosphoric acid groups is 3. The zero-order valence-corrected chi connectivity index (χ0v) is 23.7. The number of hydrogen-bond acceptors (Lipinski definition) is 15. The molecule has 0 radical (unpaired) electrons. The molecule has 1 aliphatic rings. The fraction of sp³-hybridized carbons (Fsp3) is 0.353. The lowest BCUT2D eigenvalue weighted by Gasteiger charge is -2.24. The first-order chi connectivity index (χ1) is 20.0. The number of aliphatic hydroxyl groups is 2. The molecule has 0 bridgehead atoms. The number of benzene rings is 1. The number of azide groups is 1. The van der Waals surface area contributed by atoms with Gasteiger partial charge in [0.2, 0.25) is 5.95 Å². The van der Waals surface area contributed by atoms with E-state index in [1.165, 1.54) is 18.2 Å². The van der Waals surface area contributed by atoms with E-state index in [2.05, 4.69) is 33.6 Å². The molecule has 1 aromatic carbocycles. The van der Waals surface area contributed by atoms with Gasteiger partial charge in [0.05, 0.1) is 12.9 Å². The number of H-pyrrole nitrogens is 1. The standard InChI is InChI=1S/C17H21N8O15P3/c18-17-21-14-11(15(28)22-17)20-6-25(14)16-12(27)13(38-42(32,33)40-43(34,35)39-41(29,30)31)10(37-16)5-36-9-3-8(23-24-19)2-1-7(9)4-26/h1-3,6,10,12-13,16,26-27H,4-5H2,(H,32,33)(H,34,35)(H2,29,30,31)(H3,18,21,22,28)/t10-,12-,13-,16-/m1/s1. The summed E-state index contributed by atoms with van der Waals surface area (Å²) in [5.74, 6) is -0.395. The highest BCUT2D eigenvalue weighted by atomic mass is 31.3. The summed E-state index contributed by atoms with van der Waals surface area (Å²) in [6.45, 7) is -1.19. The molecule has 234 valence electrons. The number of fused-ring (bicyclic) bond motifs is 1. The average molecular weight is 670 g/mol. The van der Waals surface area contributed by atoms with Crippen molar-refractivity contribution in [3.05, 3.63) is 50.9 Å². The highest BCUT2D eigenvalue weighted by molar-refractivity contribution is 7.66. The fourth-order valence-electron chi connectivity index (χ4n) is 3.89. The zero-order chi connectivity index (χ0) is 31.7. The van der Waals surface area contributed by atoms with Gasteiger partial charge in [0.1, 0.15) is 30.7 Å². The smallest absolute Gasteiger partial charge is 0.490 e.